The van der Waals surface area contributed by atoms with Gasteiger partial charge in [0.05, 0.1) is 12.8 Å². The maximum Gasteiger partial charge on any atom is 0.209 e. The van der Waals surface area contributed by atoms with Crippen molar-refractivity contribution in [1.82, 2.24) is 15.2 Å². The summed E-state index contributed by atoms with van der Waals surface area (Å²) in [4.78, 5) is 4.39. The number of hydrogen-bond acceptors (Lipinski definition) is 8. The van der Waals surface area contributed by atoms with E-state index >= 15 is 0 Å². The fraction of sp³-hybridized carbons (Fsp3) is 0.188. The number of ether oxygens (including phenoxy) is 1. The number of furan rings is 1. The SMILES string of the molecule is COc1cc(F)cc(-c2ccc(-c3nc(SCC4=NN=NC4)n[nH]3)o2)c1. The minimum absolute atomic E-state index is 0.399. The van der Waals surface area contributed by atoms with E-state index in [2.05, 4.69) is 30.6 Å². The van der Waals surface area contributed by atoms with Gasteiger partial charge in [-0.05, 0) is 29.5 Å². The molecule has 26 heavy (non-hydrogen) atoms. The summed E-state index contributed by atoms with van der Waals surface area (Å²) in [5.74, 6) is 2.15. The number of methoxy groups -OCH3 is 1. The molecular weight excluding hydrogens is 359 g/mol. The van der Waals surface area contributed by atoms with E-state index in [-0.39, 0.29) is 0 Å². The molecule has 0 saturated heterocycles. The van der Waals surface area contributed by atoms with Crippen molar-refractivity contribution >= 4 is 17.5 Å². The Kier molecular flexibility index (Phi) is 4.48. The van der Waals surface area contributed by atoms with Crippen LogP contribution in [0, 0.1) is 5.82 Å². The van der Waals surface area contributed by atoms with Crippen molar-refractivity contribution in [2.24, 2.45) is 15.4 Å². The molecule has 0 bridgehead atoms. The van der Waals surface area contributed by atoms with Crippen molar-refractivity contribution in [1.29, 1.82) is 0 Å². The fourth-order valence-corrected chi connectivity index (χ4v) is 3.04. The lowest BCUT2D eigenvalue weighted by Gasteiger charge is -2.03. The van der Waals surface area contributed by atoms with Gasteiger partial charge in [-0.2, -0.15) is 10.1 Å². The molecule has 132 valence electrons. The molecule has 0 radical (unpaired) electrons. The first kappa shape index (κ1) is 16.5. The lowest BCUT2D eigenvalue weighted by Crippen LogP contribution is -2.02. The number of hydrogen-bond donors (Lipinski definition) is 1. The largest absolute Gasteiger partial charge is 0.497 e. The highest BCUT2D eigenvalue weighted by Crippen LogP contribution is 2.30. The fourth-order valence-electron chi connectivity index (χ4n) is 2.33. The Hall–Kier alpha value is -3.01. The Morgan fingerprint density at radius 1 is 1.27 bits per heavy atom. The van der Waals surface area contributed by atoms with Crippen molar-refractivity contribution < 1.29 is 13.5 Å². The predicted octanol–water partition coefficient (Wildman–Crippen LogP) is 3.79. The van der Waals surface area contributed by atoms with Gasteiger partial charge in [-0.1, -0.05) is 11.8 Å². The van der Waals surface area contributed by atoms with Crippen molar-refractivity contribution in [3.05, 3.63) is 36.1 Å². The third-order valence-electron chi connectivity index (χ3n) is 3.57. The number of benzene rings is 1. The highest BCUT2D eigenvalue weighted by atomic mass is 32.2. The smallest absolute Gasteiger partial charge is 0.209 e. The third-order valence-corrected chi connectivity index (χ3v) is 4.48. The molecule has 1 aromatic carbocycles. The molecule has 0 amide bonds. The molecule has 1 aliphatic rings. The molecule has 1 N–H and O–H groups in total. The standard InChI is InChI=1S/C16H13FN6O2S/c1-24-12-5-9(4-10(17)6-12)13-2-3-14(25-13)15-19-16(22-21-15)26-8-11-7-18-23-20-11/h2-6H,7-8H2,1H3,(H,19,21,22). The van der Waals surface area contributed by atoms with Crippen molar-refractivity contribution in [2.75, 3.05) is 19.4 Å². The normalized spacial score (nSPS) is 13.2. The average Bonchev–Trinajstić information content (AvgIpc) is 3.40. The lowest BCUT2D eigenvalue weighted by molar-refractivity contribution is 0.411. The van der Waals surface area contributed by atoms with E-state index in [1.54, 1.807) is 18.2 Å². The number of rotatable bonds is 6. The average molecular weight is 372 g/mol. The molecule has 1 aliphatic heterocycles. The van der Waals surface area contributed by atoms with Crippen LogP contribution in [0.5, 0.6) is 5.75 Å². The van der Waals surface area contributed by atoms with Gasteiger partial charge in [0.15, 0.2) is 11.6 Å². The monoisotopic (exact) mass is 372 g/mol. The number of thioether (sulfide) groups is 1. The second-order valence-corrected chi connectivity index (χ2v) is 6.30. The predicted molar refractivity (Wildman–Crippen MR) is 93.9 cm³/mol. The molecule has 4 rings (SSSR count). The van der Waals surface area contributed by atoms with Gasteiger partial charge in [-0.25, -0.2) is 4.39 Å². The Morgan fingerprint density at radius 2 is 2.15 bits per heavy atom. The Balaban J connectivity index is 1.50. The van der Waals surface area contributed by atoms with E-state index in [1.165, 1.54) is 31.0 Å². The van der Waals surface area contributed by atoms with Crippen LogP contribution in [0.15, 0.2) is 55.3 Å². The van der Waals surface area contributed by atoms with Crippen LogP contribution in [0.4, 0.5) is 4.39 Å². The zero-order chi connectivity index (χ0) is 17.9. The van der Waals surface area contributed by atoms with E-state index in [1.807, 2.05) is 0 Å². The van der Waals surface area contributed by atoms with Crippen LogP contribution in [-0.4, -0.2) is 40.3 Å². The van der Waals surface area contributed by atoms with E-state index in [0.29, 0.717) is 46.1 Å². The second-order valence-electron chi connectivity index (χ2n) is 5.35. The maximum atomic E-state index is 13.7. The molecule has 8 nitrogen and oxygen atoms in total. The highest BCUT2D eigenvalue weighted by Gasteiger charge is 2.14. The number of aromatic nitrogens is 3. The first-order chi connectivity index (χ1) is 12.7. The van der Waals surface area contributed by atoms with Gasteiger partial charge >= 0.3 is 0 Å². The second kappa shape index (κ2) is 7.08. The third kappa shape index (κ3) is 3.49. The Labute approximate surface area is 151 Å². The van der Waals surface area contributed by atoms with Crippen LogP contribution in [-0.2, 0) is 0 Å². The minimum Gasteiger partial charge on any atom is -0.497 e. The van der Waals surface area contributed by atoms with Gasteiger partial charge in [0.25, 0.3) is 0 Å². The van der Waals surface area contributed by atoms with Crippen LogP contribution in [0.1, 0.15) is 0 Å². The van der Waals surface area contributed by atoms with Gasteiger partial charge in [-0.15, -0.1) is 10.2 Å². The molecule has 3 aromatic rings. The summed E-state index contributed by atoms with van der Waals surface area (Å²) in [6.07, 6.45) is 0. The Bertz CT molecular complexity index is 996. The van der Waals surface area contributed by atoms with Gasteiger partial charge in [-0.3, -0.25) is 5.10 Å². The summed E-state index contributed by atoms with van der Waals surface area (Å²) in [6.45, 7) is 0.517. The highest BCUT2D eigenvalue weighted by molar-refractivity contribution is 7.99. The van der Waals surface area contributed by atoms with Crippen LogP contribution in [0.2, 0.25) is 0 Å². The van der Waals surface area contributed by atoms with Crippen molar-refractivity contribution in [2.45, 2.75) is 5.16 Å². The quantitative estimate of drug-likeness (QED) is 0.663. The first-order valence-electron chi connectivity index (χ1n) is 7.64. The lowest BCUT2D eigenvalue weighted by atomic mass is 10.1. The molecule has 0 saturated carbocycles. The van der Waals surface area contributed by atoms with Crippen LogP contribution < -0.4 is 4.74 Å². The number of aromatic amines is 1. The Morgan fingerprint density at radius 3 is 2.96 bits per heavy atom. The molecule has 2 aromatic heterocycles. The zero-order valence-electron chi connectivity index (χ0n) is 13.6. The maximum absolute atomic E-state index is 13.7. The number of nitrogens with one attached hydrogen (secondary N) is 1. The van der Waals surface area contributed by atoms with Gasteiger partial charge in [0.2, 0.25) is 5.16 Å². The molecule has 0 spiro atoms. The first-order valence-corrected chi connectivity index (χ1v) is 8.62. The zero-order valence-corrected chi connectivity index (χ0v) is 14.5. The topological polar surface area (TPSA) is 101 Å². The molecular formula is C16H13FN6O2S. The molecule has 3 heterocycles. The van der Waals surface area contributed by atoms with E-state index < -0.39 is 5.82 Å². The number of halogens is 1. The summed E-state index contributed by atoms with van der Waals surface area (Å²) >= 11 is 1.43. The summed E-state index contributed by atoms with van der Waals surface area (Å²) in [5.41, 5.74) is 1.45. The molecule has 0 fully saturated rings. The van der Waals surface area contributed by atoms with Gasteiger partial charge in [0, 0.05) is 17.4 Å². The summed E-state index contributed by atoms with van der Waals surface area (Å²) < 4.78 is 24.5. The van der Waals surface area contributed by atoms with Crippen LogP contribution in [0.25, 0.3) is 22.9 Å². The minimum atomic E-state index is -0.399. The van der Waals surface area contributed by atoms with E-state index in [9.17, 15) is 4.39 Å². The van der Waals surface area contributed by atoms with Crippen LogP contribution in [0.3, 0.4) is 0 Å². The van der Waals surface area contributed by atoms with Gasteiger partial charge < -0.3 is 9.15 Å². The molecule has 10 heteroatoms. The van der Waals surface area contributed by atoms with E-state index in [4.69, 9.17) is 9.15 Å². The summed E-state index contributed by atoms with van der Waals surface area (Å²) in [6, 6.07) is 7.88. The summed E-state index contributed by atoms with van der Waals surface area (Å²) in [7, 11) is 1.49. The van der Waals surface area contributed by atoms with E-state index in [0.717, 1.165) is 5.71 Å². The van der Waals surface area contributed by atoms with Crippen molar-refractivity contribution in [3.8, 4) is 28.7 Å². The molecule has 0 atom stereocenters. The number of nitrogens with zero attached hydrogens (tertiary/aromatic N) is 5. The van der Waals surface area contributed by atoms with Gasteiger partial charge in [0.1, 0.15) is 23.9 Å². The number of H-pyrrole nitrogens is 1. The van der Waals surface area contributed by atoms with Crippen LogP contribution >= 0.6 is 11.8 Å². The van der Waals surface area contributed by atoms with Crippen molar-refractivity contribution in [3.63, 3.8) is 0 Å². The molecule has 0 unspecified atom stereocenters. The summed E-state index contributed by atoms with van der Waals surface area (Å²) in [5, 5.41) is 18.8. The molecule has 0 aliphatic carbocycles.